The zero-order chi connectivity index (χ0) is 20.4. The van der Waals surface area contributed by atoms with Gasteiger partial charge in [-0.25, -0.2) is 5.43 Å². The van der Waals surface area contributed by atoms with Crippen LogP contribution in [0.5, 0.6) is 11.5 Å². The molecule has 28 heavy (non-hydrogen) atoms. The molecule has 2 rings (SSSR count). The molecule has 7 nitrogen and oxygen atoms in total. The average Bonchev–Trinajstić information content (AvgIpc) is 2.67. The SMILES string of the molecule is C=CCOc1ccc(/C=N\NC(=O)C(=O)Nc2cccc(Cl)c2)cc1OCC. The lowest BCUT2D eigenvalue weighted by Gasteiger charge is -2.11. The molecule has 0 aliphatic carbocycles. The van der Waals surface area contributed by atoms with Gasteiger partial charge in [-0.05, 0) is 48.9 Å². The number of nitrogens with one attached hydrogen (secondary N) is 2. The number of hydrogen-bond acceptors (Lipinski definition) is 5. The lowest BCUT2D eigenvalue weighted by molar-refractivity contribution is -0.136. The Morgan fingerprint density at radius 3 is 2.68 bits per heavy atom. The molecule has 0 atom stereocenters. The van der Waals surface area contributed by atoms with Gasteiger partial charge in [-0.1, -0.05) is 30.3 Å². The molecule has 2 N–H and O–H groups in total. The highest BCUT2D eigenvalue weighted by Crippen LogP contribution is 2.28. The van der Waals surface area contributed by atoms with Gasteiger partial charge in [0.05, 0.1) is 12.8 Å². The minimum Gasteiger partial charge on any atom is -0.490 e. The van der Waals surface area contributed by atoms with Crippen molar-refractivity contribution in [3.63, 3.8) is 0 Å². The second-order valence-corrected chi connectivity index (χ2v) is 5.84. The quantitative estimate of drug-likeness (QED) is 0.307. The predicted molar refractivity (Wildman–Crippen MR) is 109 cm³/mol. The maximum Gasteiger partial charge on any atom is 0.329 e. The number of ether oxygens (including phenoxy) is 2. The molecule has 0 fully saturated rings. The van der Waals surface area contributed by atoms with E-state index in [0.29, 0.717) is 41.0 Å². The van der Waals surface area contributed by atoms with Gasteiger partial charge in [0.15, 0.2) is 11.5 Å². The van der Waals surface area contributed by atoms with E-state index in [1.807, 2.05) is 6.92 Å². The Balaban J connectivity index is 1.97. The predicted octanol–water partition coefficient (Wildman–Crippen LogP) is 3.39. The number of nitrogens with zero attached hydrogens (tertiary/aromatic N) is 1. The lowest BCUT2D eigenvalue weighted by atomic mass is 10.2. The molecule has 0 saturated carbocycles. The molecule has 0 heterocycles. The van der Waals surface area contributed by atoms with E-state index in [-0.39, 0.29) is 0 Å². The molecule has 8 heteroatoms. The summed E-state index contributed by atoms with van der Waals surface area (Å²) in [7, 11) is 0. The van der Waals surface area contributed by atoms with Gasteiger partial charge in [0.25, 0.3) is 0 Å². The van der Waals surface area contributed by atoms with Crippen molar-refractivity contribution in [2.75, 3.05) is 18.5 Å². The molecule has 2 aromatic carbocycles. The van der Waals surface area contributed by atoms with E-state index < -0.39 is 11.8 Å². The Morgan fingerprint density at radius 2 is 1.96 bits per heavy atom. The number of carbonyl (C=O) groups is 2. The van der Waals surface area contributed by atoms with Crippen LogP contribution in [0.25, 0.3) is 0 Å². The second-order valence-electron chi connectivity index (χ2n) is 5.40. The van der Waals surface area contributed by atoms with Crippen LogP contribution in [-0.2, 0) is 9.59 Å². The molecule has 0 bridgehead atoms. The Morgan fingerprint density at radius 1 is 1.14 bits per heavy atom. The third kappa shape index (κ3) is 6.44. The fourth-order valence-corrected chi connectivity index (χ4v) is 2.30. The van der Waals surface area contributed by atoms with Crippen molar-refractivity contribution in [2.24, 2.45) is 5.10 Å². The van der Waals surface area contributed by atoms with E-state index >= 15 is 0 Å². The molecule has 0 saturated heterocycles. The van der Waals surface area contributed by atoms with Gasteiger partial charge in [-0.3, -0.25) is 9.59 Å². The van der Waals surface area contributed by atoms with Gasteiger partial charge in [0, 0.05) is 10.7 Å². The van der Waals surface area contributed by atoms with Crippen molar-refractivity contribution in [1.29, 1.82) is 0 Å². The molecule has 0 aliphatic rings. The van der Waals surface area contributed by atoms with E-state index in [4.69, 9.17) is 21.1 Å². The summed E-state index contributed by atoms with van der Waals surface area (Å²) in [5.74, 6) is -0.656. The van der Waals surface area contributed by atoms with Gasteiger partial charge >= 0.3 is 11.8 Å². The van der Waals surface area contributed by atoms with Crippen LogP contribution in [0.15, 0.2) is 60.2 Å². The van der Waals surface area contributed by atoms with Crippen molar-refractivity contribution in [3.8, 4) is 11.5 Å². The number of hydrogen-bond donors (Lipinski definition) is 2. The van der Waals surface area contributed by atoms with E-state index in [9.17, 15) is 9.59 Å². The number of amides is 2. The van der Waals surface area contributed by atoms with Crippen LogP contribution in [-0.4, -0.2) is 31.2 Å². The summed E-state index contributed by atoms with van der Waals surface area (Å²) in [4.78, 5) is 23.7. The fraction of sp³-hybridized carbons (Fsp3) is 0.150. The molecule has 0 aliphatic heterocycles. The number of benzene rings is 2. The molecule has 2 amide bonds. The van der Waals surface area contributed by atoms with E-state index in [1.165, 1.54) is 12.3 Å². The molecular formula is C20H20ClN3O4. The van der Waals surface area contributed by atoms with Crippen LogP contribution in [0.2, 0.25) is 5.02 Å². The minimum atomic E-state index is -0.910. The van der Waals surface area contributed by atoms with Gasteiger partial charge in [0.1, 0.15) is 6.61 Å². The van der Waals surface area contributed by atoms with Crippen molar-refractivity contribution >= 4 is 35.3 Å². The van der Waals surface area contributed by atoms with E-state index in [2.05, 4.69) is 22.4 Å². The van der Waals surface area contributed by atoms with Gasteiger partial charge in [-0.15, -0.1) is 0 Å². The Bertz CT molecular complexity index is 884. The number of hydrazone groups is 1. The number of rotatable bonds is 8. The number of carbonyl (C=O) groups excluding carboxylic acids is 2. The highest BCUT2D eigenvalue weighted by atomic mass is 35.5. The first-order chi connectivity index (χ1) is 13.5. The molecule has 0 radical (unpaired) electrons. The van der Waals surface area contributed by atoms with Crippen LogP contribution in [0.1, 0.15) is 12.5 Å². The number of halogens is 1. The van der Waals surface area contributed by atoms with Crippen LogP contribution >= 0.6 is 11.6 Å². The maximum absolute atomic E-state index is 11.9. The maximum atomic E-state index is 11.9. The highest BCUT2D eigenvalue weighted by molar-refractivity contribution is 6.39. The zero-order valence-corrected chi connectivity index (χ0v) is 16.0. The minimum absolute atomic E-state index is 0.352. The molecule has 2 aromatic rings. The van der Waals surface area contributed by atoms with Crippen LogP contribution in [0.3, 0.4) is 0 Å². The van der Waals surface area contributed by atoms with Crippen molar-refractivity contribution in [1.82, 2.24) is 5.43 Å². The first kappa shape index (κ1) is 21.0. The van der Waals surface area contributed by atoms with Crippen LogP contribution in [0, 0.1) is 0 Å². The monoisotopic (exact) mass is 401 g/mol. The molecule has 0 unspecified atom stereocenters. The fourth-order valence-electron chi connectivity index (χ4n) is 2.11. The summed E-state index contributed by atoms with van der Waals surface area (Å²) >= 11 is 5.83. The molecular weight excluding hydrogens is 382 g/mol. The van der Waals surface area contributed by atoms with E-state index in [0.717, 1.165) is 0 Å². The van der Waals surface area contributed by atoms with Crippen LogP contribution in [0.4, 0.5) is 5.69 Å². The Kier molecular flexibility index (Phi) is 8.05. The lowest BCUT2D eigenvalue weighted by Crippen LogP contribution is -2.32. The van der Waals surface area contributed by atoms with Gasteiger partial charge in [0.2, 0.25) is 0 Å². The normalized spacial score (nSPS) is 10.4. The summed E-state index contributed by atoms with van der Waals surface area (Å²) in [5, 5.41) is 6.67. The summed E-state index contributed by atoms with van der Waals surface area (Å²) in [5.41, 5.74) is 3.23. The average molecular weight is 402 g/mol. The number of anilines is 1. The van der Waals surface area contributed by atoms with Gasteiger partial charge in [-0.2, -0.15) is 5.10 Å². The first-order valence-electron chi connectivity index (χ1n) is 8.44. The standard InChI is InChI=1S/C20H20ClN3O4/c1-3-10-28-17-9-8-14(11-18(17)27-4-2)13-22-24-20(26)19(25)23-16-7-5-6-15(21)12-16/h3,5-9,11-13H,1,4,10H2,2H3,(H,23,25)(H,24,26)/b22-13-. The molecule has 146 valence electrons. The van der Waals surface area contributed by atoms with Crippen molar-refractivity contribution in [3.05, 3.63) is 65.7 Å². The summed E-state index contributed by atoms with van der Waals surface area (Å²) in [6.07, 6.45) is 3.03. The summed E-state index contributed by atoms with van der Waals surface area (Å²) in [6.45, 7) is 6.28. The van der Waals surface area contributed by atoms with Gasteiger partial charge < -0.3 is 14.8 Å². The second kappa shape index (κ2) is 10.7. The Labute approximate surface area is 168 Å². The Hall–Kier alpha value is -3.32. The molecule has 0 spiro atoms. The molecule has 0 aromatic heterocycles. The third-order valence-electron chi connectivity index (χ3n) is 3.29. The highest BCUT2D eigenvalue weighted by Gasteiger charge is 2.13. The van der Waals surface area contributed by atoms with Crippen molar-refractivity contribution < 1.29 is 19.1 Å². The van der Waals surface area contributed by atoms with Crippen LogP contribution < -0.4 is 20.2 Å². The largest absolute Gasteiger partial charge is 0.490 e. The first-order valence-corrected chi connectivity index (χ1v) is 8.81. The van der Waals surface area contributed by atoms with Crippen molar-refractivity contribution in [2.45, 2.75) is 6.92 Å². The zero-order valence-electron chi connectivity index (χ0n) is 15.3. The topological polar surface area (TPSA) is 89.0 Å². The summed E-state index contributed by atoms with van der Waals surface area (Å²) < 4.78 is 11.0. The third-order valence-corrected chi connectivity index (χ3v) is 3.53. The smallest absolute Gasteiger partial charge is 0.329 e. The summed E-state index contributed by atoms with van der Waals surface area (Å²) in [6, 6.07) is 11.6. The van der Waals surface area contributed by atoms with E-state index in [1.54, 1.807) is 42.5 Å².